The van der Waals surface area contributed by atoms with Crippen LogP contribution in [0.3, 0.4) is 0 Å². The van der Waals surface area contributed by atoms with Crippen LogP contribution < -0.4 is 9.47 Å². The normalized spacial score (nSPS) is 19.0. The van der Waals surface area contributed by atoms with Crippen LogP contribution in [0.1, 0.15) is 24.0 Å². The van der Waals surface area contributed by atoms with Gasteiger partial charge in [0.2, 0.25) is 6.79 Å². The van der Waals surface area contributed by atoms with Crippen molar-refractivity contribution < 1.29 is 78.7 Å². The zero-order valence-corrected chi connectivity index (χ0v) is 23.3. The van der Waals surface area contributed by atoms with Crippen LogP contribution in [0.4, 0.5) is 39.5 Å². The highest BCUT2D eigenvalue weighted by Gasteiger charge is 2.42. The quantitative estimate of drug-likeness (QED) is 0.391. The number of hydrogen-bond donors (Lipinski definition) is 3. The number of aliphatic carboxylic acids is 3. The van der Waals surface area contributed by atoms with Crippen LogP contribution in [0, 0.1) is 0 Å². The van der Waals surface area contributed by atoms with Gasteiger partial charge in [-0.05, 0) is 42.2 Å². The van der Waals surface area contributed by atoms with E-state index in [2.05, 4.69) is 33.0 Å². The summed E-state index contributed by atoms with van der Waals surface area (Å²) in [5, 5.41) is 21.4. The first-order valence-electron chi connectivity index (χ1n) is 12.9. The van der Waals surface area contributed by atoms with Crippen molar-refractivity contribution in [2.75, 3.05) is 19.9 Å². The molecular formula is C26H26F9N3O8. The van der Waals surface area contributed by atoms with E-state index < -0.39 is 36.4 Å². The van der Waals surface area contributed by atoms with E-state index in [0.717, 1.165) is 24.6 Å². The van der Waals surface area contributed by atoms with Crippen molar-refractivity contribution in [3.8, 4) is 11.5 Å². The lowest BCUT2D eigenvalue weighted by Gasteiger charge is -2.25. The Morgan fingerprint density at radius 3 is 1.57 bits per heavy atom. The monoisotopic (exact) mass is 679 g/mol. The van der Waals surface area contributed by atoms with Crippen LogP contribution in [0.2, 0.25) is 0 Å². The molecule has 20 heteroatoms. The molecule has 2 fully saturated rings. The minimum absolute atomic E-state index is 0.344. The molecule has 0 spiro atoms. The molecule has 46 heavy (non-hydrogen) atoms. The van der Waals surface area contributed by atoms with Gasteiger partial charge in [-0.1, -0.05) is 12.1 Å². The minimum Gasteiger partial charge on any atom is -0.475 e. The van der Waals surface area contributed by atoms with Crippen molar-refractivity contribution in [1.29, 1.82) is 0 Å². The molecule has 0 amide bonds. The van der Waals surface area contributed by atoms with E-state index >= 15 is 0 Å². The van der Waals surface area contributed by atoms with Crippen LogP contribution in [0.5, 0.6) is 11.5 Å². The Morgan fingerprint density at radius 1 is 0.717 bits per heavy atom. The van der Waals surface area contributed by atoms with Gasteiger partial charge in [0, 0.05) is 50.7 Å². The topological polar surface area (TPSA) is 150 Å². The summed E-state index contributed by atoms with van der Waals surface area (Å²) in [5.74, 6) is -6.52. The molecule has 3 N–H and O–H groups in total. The molecule has 0 radical (unpaired) electrons. The summed E-state index contributed by atoms with van der Waals surface area (Å²) in [6, 6.07) is 11.9. The first kappa shape index (κ1) is 37.9. The fourth-order valence-electron chi connectivity index (χ4n) is 4.56. The zero-order chi connectivity index (χ0) is 34.9. The van der Waals surface area contributed by atoms with Gasteiger partial charge in [-0.2, -0.15) is 39.5 Å². The number of alkyl halides is 9. The van der Waals surface area contributed by atoms with E-state index in [1.54, 1.807) is 0 Å². The number of nitrogens with zero attached hydrogens (tertiary/aromatic N) is 3. The van der Waals surface area contributed by atoms with Gasteiger partial charge >= 0.3 is 36.4 Å². The molecule has 2 atom stereocenters. The van der Waals surface area contributed by atoms with Crippen LogP contribution in [0.15, 0.2) is 42.7 Å². The number of halogens is 9. The number of carboxylic acid groups (broad SMARTS) is 3. The number of benzene rings is 1. The summed E-state index contributed by atoms with van der Waals surface area (Å²) in [7, 11) is 0. The van der Waals surface area contributed by atoms with Crippen LogP contribution in [0.25, 0.3) is 0 Å². The van der Waals surface area contributed by atoms with Gasteiger partial charge in [0.15, 0.2) is 11.5 Å². The van der Waals surface area contributed by atoms with E-state index in [1.165, 1.54) is 37.1 Å². The van der Waals surface area contributed by atoms with Gasteiger partial charge in [-0.25, -0.2) is 14.4 Å². The van der Waals surface area contributed by atoms with Crippen molar-refractivity contribution in [3.05, 3.63) is 53.9 Å². The lowest BCUT2D eigenvalue weighted by atomic mass is 10.1. The second-order valence-electron chi connectivity index (χ2n) is 9.61. The summed E-state index contributed by atoms with van der Waals surface area (Å²) in [6.45, 7) is 4.72. The molecule has 0 unspecified atom stereocenters. The molecule has 11 nitrogen and oxygen atoms in total. The second-order valence-corrected chi connectivity index (χ2v) is 9.61. The zero-order valence-electron chi connectivity index (χ0n) is 23.3. The molecule has 0 aliphatic carbocycles. The maximum Gasteiger partial charge on any atom is 0.490 e. The van der Waals surface area contributed by atoms with Crippen molar-refractivity contribution in [3.63, 3.8) is 0 Å². The fourth-order valence-corrected chi connectivity index (χ4v) is 4.56. The highest BCUT2D eigenvalue weighted by atomic mass is 19.4. The molecule has 2 aromatic rings. The van der Waals surface area contributed by atoms with Gasteiger partial charge in [0.1, 0.15) is 0 Å². The molecule has 4 heterocycles. The maximum absolute atomic E-state index is 10.6. The Labute approximate surface area is 253 Å². The smallest absolute Gasteiger partial charge is 0.475 e. The third-order valence-corrected chi connectivity index (χ3v) is 6.46. The Bertz CT molecular complexity index is 1270. The van der Waals surface area contributed by atoms with Gasteiger partial charge in [0.05, 0.1) is 0 Å². The third-order valence-electron chi connectivity index (χ3n) is 6.46. The predicted molar refractivity (Wildman–Crippen MR) is 136 cm³/mol. The molecule has 5 rings (SSSR count). The van der Waals surface area contributed by atoms with Crippen molar-refractivity contribution in [1.82, 2.24) is 14.8 Å². The van der Waals surface area contributed by atoms with E-state index in [-0.39, 0.29) is 0 Å². The first-order valence-corrected chi connectivity index (χ1v) is 12.9. The number of aromatic nitrogens is 1. The molecule has 1 aromatic carbocycles. The second kappa shape index (κ2) is 15.8. The molecule has 0 saturated carbocycles. The van der Waals surface area contributed by atoms with Gasteiger partial charge in [-0.15, -0.1) is 0 Å². The number of carboxylic acids is 3. The SMILES string of the molecule is O=C(O)C(F)(F)F.O=C(O)C(F)(F)F.O=C(O)C(F)(F)F.c1cncc(CN2CC[C@@H]3[C@@H]2CCN3Cc2ccc3c(c2)OCO3)c1. The van der Waals surface area contributed by atoms with E-state index in [4.69, 9.17) is 39.2 Å². The lowest BCUT2D eigenvalue weighted by molar-refractivity contribution is -0.193. The number of ether oxygens (including phenoxy) is 2. The highest BCUT2D eigenvalue weighted by molar-refractivity contribution is 5.73. The third kappa shape index (κ3) is 11.9. The molecule has 0 bridgehead atoms. The van der Waals surface area contributed by atoms with Gasteiger partial charge < -0.3 is 24.8 Å². The van der Waals surface area contributed by atoms with E-state index in [0.29, 0.717) is 18.9 Å². The highest BCUT2D eigenvalue weighted by Crippen LogP contribution is 2.36. The van der Waals surface area contributed by atoms with Gasteiger partial charge in [0.25, 0.3) is 0 Å². The van der Waals surface area contributed by atoms with E-state index in [1.807, 2.05) is 24.5 Å². The summed E-state index contributed by atoms with van der Waals surface area (Å²) < 4.78 is 106. The average Bonchev–Trinajstić information content (AvgIpc) is 3.67. The Kier molecular flexibility index (Phi) is 13.0. The molecule has 1 aromatic heterocycles. The Balaban J connectivity index is 0.000000289. The van der Waals surface area contributed by atoms with Crippen molar-refractivity contribution >= 4 is 17.9 Å². The van der Waals surface area contributed by atoms with Crippen molar-refractivity contribution in [2.24, 2.45) is 0 Å². The largest absolute Gasteiger partial charge is 0.490 e. The lowest BCUT2D eigenvalue weighted by Crippen LogP contribution is -2.36. The summed E-state index contributed by atoms with van der Waals surface area (Å²) in [4.78, 5) is 36.2. The van der Waals surface area contributed by atoms with Gasteiger partial charge in [-0.3, -0.25) is 14.8 Å². The standard InChI is InChI=1S/C20H23N3O2.3C2HF3O2/c1-2-16(11-21-7-1)13-23-9-6-17-18(23)5-8-22(17)12-15-3-4-19-20(10-15)25-14-24-19;3*3-2(4,5)1(6)7/h1-4,7,10-11,17-18H,5-6,8-9,12-14H2;3*(H,6,7)/t17-,18+;;;/m1.../s1. The number of carbonyl (C=O) groups is 3. The number of pyridine rings is 1. The average molecular weight is 679 g/mol. The number of likely N-dealkylation sites (tertiary alicyclic amines) is 2. The summed E-state index contributed by atoms with van der Waals surface area (Å²) in [5.41, 5.74) is 2.63. The number of rotatable bonds is 4. The molecular weight excluding hydrogens is 653 g/mol. The first-order chi connectivity index (χ1) is 21.2. The molecule has 256 valence electrons. The number of hydrogen-bond acceptors (Lipinski definition) is 8. The minimum atomic E-state index is -5.08. The fraction of sp³-hybridized carbons (Fsp3) is 0.462. The van der Waals surface area contributed by atoms with Crippen LogP contribution in [-0.2, 0) is 27.5 Å². The number of fused-ring (bicyclic) bond motifs is 2. The van der Waals surface area contributed by atoms with E-state index in [9.17, 15) is 39.5 Å². The van der Waals surface area contributed by atoms with Crippen molar-refractivity contribution in [2.45, 2.75) is 56.5 Å². The summed E-state index contributed by atoms with van der Waals surface area (Å²) in [6.07, 6.45) is -8.89. The molecule has 3 aliphatic rings. The maximum atomic E-state index is 10.6. The van der Waals surface area contributed by atoms with Crippen LogP contribution >= 0.6 is 0 Å². The Morgan fingerprint density at radius 2 is 1.15 bits per heavy atom. The predicted octanol–water partition coefficient (Wildman–Crippen LogP) is 4.56. The Hall–Kier alpha value is -4.33. The molecule has 3 aliphatic heterocycles. The summed E-state index contributed by atoms with van der Waals surface area (Å²) >= 11 is 0. The van der Waals surface area contributed by atoms with Crippen LogP contribution in [-0.4, -0.2) is 98.5 Å². The molecule has 2 saturated heterocycles.